The summed E-state index contributed by atoms with van der Waals surface area (Å²) in [7, 11) is -2.31. The third kappa shape index (κ3) is 5.52. The highest BCUT2D eigenvalue weighted by Gasteiger charge is 2.37. The number of hydrogen-bond donors (Lipinski definition) is 2. The van der Waals surface area contributed by atoms with Crippen LogP contribution < -0.4 is 4.72 Å². The first-order valence-corrected chi connectivity index (χ1v) is 13.5. The van der Waals surface area contributed by atoms with Crippen molar-refractivity contribution in [1.29, 1.82) is 0 Å². The van der Waals surface area contributed by atoms with Crippen molar-refractivity contribution in [2.24, 2.45) is 0 Å². The molecule has 0 unspecified atom stereocenters. The van der Waals surface area contributed by atoms with Crippen molar-refractivity contribution < 1.29 is 23.1 Å². The number of carbonyl (C=O) groups excluding carboxylic acids is 1. The number of sulfonamides is 1. The Kier molecular flexibility index (Phi) is 7.65. The first-order chi connectivity index (χ1) is 17.7. The molecule has 1 saturated heterocycles. The number of amides is 1. The molecule has 3 aromatic rings. The topological polar surface area (TPSA) is 109 Å². The Morgan fingerprint density at radius 1 is 1.11 bits per heavy atom. The van der Waals surface area contributed by atoms with Crippen LogP contribution in [0.3, 0.4) is 0 Å². The zero-order chi connectivity index (χ0) is 26.6. The Labute approximate surface area is 217 Å². The minimum Gasteiger partial charge on any atom is -0.501 e. The van der Waals surface area contributed by atoms with Gasteiger partial charge in [0, 0.05) is 41.5 Å². The predicted octanol–water partition coefficient (Wildman–Crippen LogP) is 4.50. The summed E-state index contributed by atoms with van der Waals surface area (Å²) >= 11 is 0. The highest BCUT2D eigenvalue weighted by Crippen LogP contribution is 2.33. The van der Waals surface area contributed by atoms with Crippen LogP contribution in [0.15, 0.2) is 89.2 Å². The first-order valence-electron chi connectivity index (χ1n) is 12.0. The number of carbonyl (C=O) groups is 1. The summed E-state index contributed by atoms with van der Waals surface area (Å²) in [5, 5.41) is 12.0. The summed E-state index contributed by atoms with van der Waals surface area (Å²) in [6.07, 6.45) is 6.04. The molecule has 2 aromatic carbocycles. The van der Waals surface area contributed by atoms with Crippen LogP contribution in [0.4, 0.5) is 5.69 Å². The van der Waals surface area contributed by atoms with Gasteiger partial charge in [-0.2, -0.15) is 0 Å². The molecule has 0 aliphatic carbocycles. The molecule has 1 fully saturated rings. The van der Waals surface area contributed by atoms with Gasteiger partial charge in [-0.05, 0) is 63.1 Å². The van der Waals surface area contributed by atoms with Gasteiger partial charge in [0.1, 0.15) is 4.90 Å². The molecule has 2 heterocycles. The Morgan fingerprint density at radius 2 is 1.78 bits per heavy atom. The SMILES string of the molecule is C/C=C\C(=C(/C)OC)C1(O)CCN(C(=O)c2ccc(NS(=O)(=O)c3cccc4cccnc34)cc2)CC1. The van der Waals surface area contributed by atoms with Gasteiger partial charge < -0.3 is 14.7 Å². The largest absolute Gasteiger partial charge is 0.501 e. The van der Waals surface area contributed by atoms with Crippen molar-refractivity contribution in [1.82, 2.24) is 9.88 Å². The third-order valence-corrected chi connectivity index (χ3v) is 8.08. The van der Waals surface area contributed by atoms with Crippen molar-refractivity contribution in [2.75, 3.05) is 24.9 Å². The summed E-state index contributed by atoms with van der Waals surface area (Å²) in [6.45, 7) is 4.47. The van der Waals surface area contributed by atoms with Crippen LogP contribution in [0.1, 0.15) is 37.0 Å². The average molecular weight is 522 g/mol. The zero-order valence-electron chi connectivity index (χ0n) is 21.1. The molecule has 1 aliphatic rings. The fourth-order valence-corrected chi connectivity index (χ4v) is 5.83. The van der Waals surface area contributed by atoms with E-state index in [1.807, 2.05) is 26.0 Å². The van der Waals surface area contributed by atoms with E-state index >= 15 is 0 Å². The van der Waals surface area contributed by atoms with E-state index in [0.717, 1.165) is 11.0 Å². The molecule has 0 radical (unpaired) electrons. The fraction of sp³-hybridized carbons (Fsp3) is 0.286. The van der Waals surface area contributed by atoms with Crippen LogP contribution >= 0.6 is 0 Å². The molecule has 1 aromatic heterocycles. The second kappa shape index (κ2) is 10.7. The number of anilines is 1. The lowest BCUT2D eigenvalue weighted by molar-refractivity contribution is 0.0100. The summed E-state index contributed by atoms with van der Waals surface area (Å²) < 4.78 is 34.0. The zero-order valence-corrected chi connectivity index (χ0v) is 22.0. The number of ether oxygens (including phenoxy) is 1. The average Bonchev–Trinajstić information content (AvgIpc) is 2.91. The van der Waals surface area contributed by atoms with E-state index < -0.39 is 15.6 Å². The number of nitrogens with one attached hydrogen (secondary N) is 1. The summed E-state index contributed by atoms with van der Waals surface area (Å²) in [6, 6.07) is 14.9. The Morgan fingerprint density at radius 3 is 2.43 bits per heavy atom. The number of nitrogens with zero attached hydrogens (tertiary/aromatic N) is 2. The molecule has 194 valence electrons. The van der Waals surface area contributed by atoms with E-state index in [2.05, 4.69) is 9.71 Å². The normalized spacial score (nSPS) is 16.5. The van der Waals surface area contributed by atoms with Crippen molar-refractivity contribution in [2.45, 2.75) is 37.2 Å². The van der Waals surface area contributed by atoms with E-state index in [1.54, 1.807) is 66.7 Å². The van der Waals surface area contributed by atoms with Gasteiger partial charge in [-0.25, -0.2) is 8.42 Å². The number of aliphatic hydroxyl groups is 1. The second-order valence-electron chi connectivity index (χ2n) is 9.01. The number of pyridine rings is 1. The number of hydrogen-bond acceptors (Lipinski definition) is 6. The first kappa shape index (κ1) is 26.4. The van der Waals surface area contributed by atoms with Crippen molar-refractivity contribution in [3.8, 4) is 0 Å². The lowest BCUT2D eigenvalue weighted by Gasteiger charge is -2.39. The second-order valence-corrected chi connectivity index (χ2v) is 10.7. The monoisotopic (exact) mass is 521 g/mol. The van der Waals surface area contributed by atoms with Gasteiger partial charge >= 0.3 is 0 Å². The predicted molar refractivity (Wildman–Crippen MR) is 144 cm³/mol. The Hall–Kier alpha value is -3.69. The standard InChI is InChI=1S/C28H31N3O5S/c1-4-7-24(20(2)36-3)28(33)15-18-31(19-16-28)27(32)22-11-13-23(14-12-22)30-37(34,35)25-10-5-8-21-9-6-17-29-26(21)25/h4-14,17,30,33H,15-16,18-19H2,1-3H3/b7-4-,24-20-. The van der Waals surface area contributed by atoms with E-state index in [9.17, 15) is 18.3 Å². The summed E-state index contributed by atoms with van der Waals surface area (Å²) in [5.41, 5.74) is 0.832. The maximum atomic E-state index is 13.1. The molecule has 9 heteroatoms. The van der Waals surface area contributed by atoms with E-state index in [0.29, 0.717) is 48.5 Å². The smallest absolute Gasteiger partial charge is 0.264 e. The lowest BCUT2D eigenvalue weighted by Crippen LogP contribution is -2.47. The number of piperidine rings is 1. The van der Waals surface area contributed by atoms with Gasteiger partial charge in [-0.15, -0.1) is 0 Å². The van der Waals surface area contributed by atoms with Gasteiger partial charge in [0.25, 0.3) is 15.9 Å². The van der Waals surface area contributed by atoms with E-state index in [-0.39, 0.29) is 10.8 Å². The van der Waals surface area contributed by atoms with Gasteiger partial charge in [-0.1, -0.05) is 30.4 Å². The number of allylic oxidation sites excluding steroid dienone is 2. The van der Waals surface area contributed by atoms with Crippen LogP contribution in [0.25, 0.3) is 10.9 Å². The maximum absolute atomic E-state index is 13.1. The third-order valence-electron chi connectivity index (χ3n) is 6.67. The molecule has 8 nitrogen and oxygen atoms in total. The van der Waals surface area contributed by atoms with Crippen LogP contribution in [0.2, 0.25) is 0 Å². The van der Waals surface area contributed by atoms with Crippen LogP contribution in [0, 0.1) is 0 Å². The van der Waals surface area contributed by atoms with Crippen molar-refractivity contribution in [3.63, 3.8) is 0 Å². The van der Waals surface area contributed by atoms with Crippen LogP contribution in [-0.4, -0.2) is 55.1 Å². The fourth-order valence-electron chi connectivity index (χ4n) is 4.59. The van der Waals surface area contributed by atoms with E-state index in [4.69, 9.17) is 4.74 Å². The van der Waals surface area contributed by atoms with Gasteiger partial charge in [0.2, 0.25) is 0 Å². The Balaban J connectivity index is 1.45. The molecule has 2 N–H and O–H groups in total. The van der Waals surface area contributed by atoms with Crippen molar-refractivity contribution >= 4 is 32.5 Å². The molecule has 1 aliphatic heterocycles. The molecular weight excluding hydrogens is 490 g/mol. The molecule has 0 saturated carbocycles. The van der Waals surface area contributed by atoms with Crippen molar-refractivity contribution in [3.05, 3.63) is 89.8 Å². The number of benzene rings is 2. The minimum atomic E-state index is -3.88. The molecular formula is C28H31N3O5S. The molecule has 4 rings (SSSR count). The highest BCUT2D eigenvalue weighted by molar-refractivity contribution is 7.93. The molecule has 0 bridgehead atoms. The summed E-state index contributed by atoms with van der Waals surface area (Å²) in [4.78, 5) is 19.1. The number of methoxy groups -OCH3 is 1. The molecule has 0 atom stereocenters. The molecule has 0 spiro atoms. The quantitative estimate of drug-likeness (QED) is 0.350. The van der Waals surface area contributed by atoms with Gasteiger partial charge in [-0.3, -0.25) is 14.5 Å². The number of likely N-dealkylation sites (tertiary alicyclic amines) is 1. The maximum Gasteiger partial charge on any atom is 0.264 e. The van der Waals surface area contributed by atoms with Crippen LogP contribution in [-0.2, 0) is 14.8 Å². The Bertz CT molecular complexity index is 1450. The molecule has 1 amide bonds. The van der Waals surface area contributed by atoms with Gasteiger partial charge in [0.05, 0.1) is 24.0 Å². The number of fused-ring (bicyclic) bond motifs is 1. The van der Waals surface area contributed by atoms with E-state index in [1.165, 1.54) is 6.07 Å². The minimum absolute atomic E-state index is 0.0848. The lowest BCUT2D eigenvalue weighted by atomic mass is 9.83. The van der Waals surface area contributed by atoms with Crippen LogP contribution in [0.5, 0.6) is 0 Å². The summed E-state index contributed by atoms with van der Waals surface area (Å²) in [5.74, 6) is 0.479. The number of aromatic nitrogens is 1. The van der Waals surface area contributed by atoms with Gasteiger partial charge in [0.15, 0.2) is 0 Å². The number of para-hydroxylation sites is 1. The number of rotatable bonds is 7. The molecule has 37 heavy (non-hydrogen) atoms. The highest BCUT2D eigenvalue weighted by atomic mass is 32.2.